The second kappa shape index (κ2) is 13.4. The largest absolute Gasteiger partial charge is 0.310 e. The highest BCUT2D eigenvalue weighted by Gasteiger charge is 2.23. The highest BCUT2D eigenvalue weighted by atomic mass is 15.1. The number of fused-ring (bicyclic) bond motifs is 7. The first-order chi connectivity index (χ1) is 29.2. The molecule has 0 saturated carbocycles. The molecule has 0 spiro atoms. The monoisotopic (exact) mass is 747 g/mol. The summed E-state index contributed by atoms with van der Waals surface area (Å²) < 4.78 is 0. The van der Waals surface area contributed by atoms with Gasteiger partial charge in [0.15, 0.2) is 0 Å². The molecule has 0 heterocycles. The zero-order valence-corrected chi connectivity index (χ0v) is 32.3. The summed E-state index contributed by atoms with van der Waals surface area (Å²) in [5, 5.41) is 10.2. The van der Waals surface area contributed by atoms with Crippen molar-refractivity contribution in [2.75, 3.05) is 4.90 Å². The zero-order valence-electron chi connectivity index (χ0n) is 32.3. The van der Waals surface area contributed by atoms with Gasteiger partial charge in [-0.15, -0.1) is 0 Å². The third kappa shape index (κ3) is 5.47. The SMILES string of the molecule is c1cc(-c2ccc3c4c(cccc24)-c2ccccc2-3)cc(N(c2ccc(-c3ccc4c(ccc5ccccc54)c3)cc2)c2ccc(-c3cccc4ccccc34)cc2)c1. The maximum Gasteiger partial charge on any atom is 0.0467 e. The molecule has 0 amide bonds. The highest BCUT2D eigenvalue weighted by Crippen LogP contribution is 2.49. The number of anilines is 3. The molecule has 59 heavy (non-hydrogen) atoms. The van der Waals surface area contributed by atoms with Crippen molar-refractivity contribution in [1.29, 1.82) is 0 Å². The predicted octanol–water partition coefficient (Wildman–Crippen LogP) is 16.4. The summed E-state index contributed by atoms with van der Waals surface area (Å²) in [6.45, 7) is 0. The van der Waals surface area contributed by atoms with Crippen molar-refractivity contribution in [3.63, 3.8) is 0 Å². The summed E-state index contributed by atoms with van der Waals surface area (Å²) in [5.74, 6) is 0. The average molecular weight is 748 g/mol. The van der Waals surface area contributed by atoms with Gasteiger partial charge in [-0.25, -0.2) is 0 Å². The van der Waals surface area contributed by atoms with E-state index in [2.05, 4.69) is 229 Å². The van der Waals surface area contributed by atoms with E-state index in [1.165, 1.54) is 98.7 Å². The van der Waals surface area contributed by atoms with Crippen LogP contribution in [0.3, 0.4) is 0 Å². The molecule has 0 unspecified atom stereocenters. The first-order valence-corrected chi connectivity index (χ1v) is 20.4. The van der Waals surface area contributed by atoms with E-state index in [4.69, 9.17) is 0 Å². The number of benzene rings is 11. The summed E-state index contributed by atoms with van der Waals surface area (Å²) in [6, 6.07) is 82.5. The molecule has 274 valence electrons. The summed E-state index contributed by atoms with van der Waals surface area (Å²) >= 11 is 0. The first-order valence-electron chi connectivity index (χ1n) is 20.4. The fraction of sp³-hybridized carbons (Fsp3) is 0. The lowest BCUT2D eigenvalue weighted by molar-refractivity contribution is 1.28. The molecule has 1 aliphatic rings. The average Bonchev–Trinajstić information content (AvgIpc) is 3.64. The van der Waals surface area contributed by atoms with Crippen LogP contribution >= 0.6 is 0 Å². The normalized spacial score (nSPS) is 11.7. The van der Waals surface area contributed by atoms with Crippen LogP contribution in [0.25, 0.3) is 98.7 Å². The zero-order chi connectivity index (χ0) is 38.9. The summed E-state index contributed by atoms with van der Waals surface area (Å²) in [5.41, 5.74) is 15.9. The van der Waals surface area contributed by atoms with Gasteiger partial charge in [0, 0.05) is 17.1 Å². The van der Waals surface area contributed by atoms with Crippen LogP contribution in [-0.2, 0) is 0 Å². The van der Waals surface area contributed by atoms with Gasteiger partial charge in [0.2, 0.25) is 0 Å². The van der Waals surface area contributed by atoms with Crippen molar-refractivity contribution in [1.82, 2.24) is 0 Å². The maximum absolute atomic E-state index is 2.39. The van der Waals surface area contributed by atoms with E-state index in [0.29, 0.717) is 0 Å². The third-order valence-corrected chi connectivity index (χ3v) is 12.4. The quantitative estimate of drug-likeness (QED) is 0.153. The van der Waals surface area contributed by atoms with Crippen molar-refractivity contribution in [2.24, 2.45) is 0 Å². The fourth-order valence-electron chi connectivity index (χ4n) is 9.58. The molecule has 0 aromatic heterocycles. The van der Waals surface area contributed by atoms with E-state index in [1.54, 1.807) is 0 Å². The van der Waals surface area contributed by atoms with Gasteiger partial charge >= 0.3 is 0 Å². The Kier molecular flexibility index (Phi) is 7.61. The van der Waals surface area contributed by atoms with Crippen LogP contribution in [-0.4, -0.2) is 0 Å². The summed E-state index contributed by atoms with van der Waals surface area (Å²) in [4.78, 5) is 2.39. The van der Waals surface area contributed by atoms with Crippen LogP contribution in [0.5, 0.6) is 0 Å². The Hall–Kier alpha value is -7.74. The lowest BCUT2D eigenvalue weighted by Gasteiger charge is -2.26. The molecule has 0 N–H and O–H groups in total. The molecule has 0 radical (unpaired) electrons. The van der Waals surface area contributed by atoms with Gasteiger partial charge < -0.3 is 4.90 Å². The van der Waals surface area contributed by atoms with Crippen LogP contribution in [0.1, 0.15) is 0 Å². The van der Waals surface area contributed by atoms with Crippen molar-refractivity contribution < 1.29 is 0 Å². The lowest BCUT2D eigenvalue weighted by atomic mass is 9.94. The van der Waals surface area contributed by atoms with Crippen molar-refractivity contribution >= 4 is 60.2 Å². The molecule has 1 heteroatoms. The van der Waals surface area contributed by atoms with E-state index < -0.39 is 0 Å². The Morgan fingerprint density at radius 1 is 0.220 bits per heavy atom. The number of nitrogens with zero attached hydrogens (tertiary/aromatic N) is 1. The van der Waals surface area contributed by atoms with Gasteiger partial charge in [0.05, 0.1) is 0 Å². The van der Waals surface area contributed by atoms with Crippen LogP contribution in [0.4, 0.5) is 17.1 Å². The topological polar surface area (TPSA) is 3.24 Å². The van der Waals surface area contributed by atoms with E-state index in [0.717, 1.165) is 17.1 Å². The lowest BCUT2D eigenvalue weighted by Crippen LogP contribution is -2.10. The third-order valence-electron chi connectivity index (χ3n) is 12.4. The molecule has 1 aliphatic carbocycles. The van der Waals surface area contributed by atoms with Gasteiger partial charge in [-0.1, -0.05) is 182 Å². The minimum atomic E-state index is 1.10. The molecule has 0 aliphatic heterocycles. The van der Waals surface area contributed by atoms with Crippen LogP contribution < -0.4 is 4.90 Å². The van der Waals surface area contributed by atoms with E-state index >= 15 is 0 Å². The van der Waals surface area contributed by atoms with Gasteiger partial charge in [0.1, 0.15) is 0 Å². The summed E-state index contributed by atoms with van der Waals surface area (Å²) in [7, 11) is 0. The number of rotatable bonds is 6. The van der Waals surface area contributed by atoms with Gasteiger partial charge in [-0.05, 0) is 141 Å². The standard InChI is InChI=1S/C58H37N/c1-3-15-48-39(10-1)12-8-19-50(48)41-26-31-46(32-27-41)59(45-29-24-38(25-30-45)42-28-33-51-44(36-42)23-22-40-11-2-4-16-49(40)51)47-14-7-13-43(37-47)52-34-35-57-54-18-6-5-17-53(54)56-21-9-20-55(52)58(56)57/h1-37H. The van der Waals surface area contributed by atoms with Gasteiger partial charge in [0.25, 0.3) is 0 Å². The minimum absolute atomic E-state index is 1.10. The maximum atomic E-state index is 2.39. The van der Waals surface area contributed by atoms with Crippen molar-refractivity contribution in [3.8, 4) is 55.6 Å². The fourth-order valence-corrected chi connectivity index (χ4v) is 9.58. The molecule has 11 aromatic rings. The van der Waals surface area contributed by atoms with E-state index in [1.807, 2.05) is 0 Å². The molecule has 0 atom stereocenters. The number of hydrogen-bond acceptors (Lipinski definition) is 1. The Morgan fingerprint density at radius 2 is 0.729 bits per heavy atom. The Bertz CT molecular complexity index is 3400. The van der Waals surface area contributed by atoms with Crippen LogP contribution in [0, 0.1) is 0 Å². The Labute approximate surface area is 343 Å². The smallest absolute Gasteiger partial charge is 0.0467 e. The second-order valence-corrected chi connectivity index (χ2v) is 15.7. The van der Waals surface area contributed by atoms with Crippen molar-refractivity contribution in [2.45, 2.75) is 0 Å². The summed E-state index contributed by atoms with van der Waals surface area (Å²) in [6.07, 6.45) is 0. The van der Waals surface area contributed by atoms with Gasteiger partial charge in [-0.3, -0.25) is 0 Å². The second-order valence-electron chi connectivity index (χ2n) is 15.7. The van der Waals surface area contributed by atoms with Gasteiger partial charge in [-0.2, -0.15) is 0 Å². The Morgan fingerprint density at radius 3 is 1.53 bits per heavy atom. The number of hydrogen-bond donors (Lipinski definition) is 0. The van der Waals surface area contributed by atoms with Crippen molar-refractivity contribution in [3.05, 3.63) is 224 Å². The molecular formula is C58H37N. The molecular weight excluding hydrogens is 711 g/mol. The molecule has 1 nitrogen and oxygen atoms in total. The molecule has 11 aromatic carbocycles. The molecule has 0 bridgehead atoms. The first kappa shape index (κ1) is 33.4. The van der Waals surface area contributed by atoms with Crippen LogP contribution in [0.2, 0.25) is 0 Å². The molecule has 12 rings (SSSR count). The molecule has 0 fully saturated rings. The highest BCUT2D eigenvalue weighted by molar-refractivity contribution is 6.18. The minimum Gasteiger partial charge on any atom is -0.310 e. The predicted molar refractivity (Wildman–Crippen MR) is 252 cm³/mol. The molecule has 0 saturated heterocycles. The van der Waals surface area contributed by atoms with E-state index in [-0.39, 0.29) is 0 Å². The van der Waals surface area contributed by atoms with E-state index in [9.17, 15) is 0 Å². The Balaban J connectivity index is 0.968. The van der Waals surface area contributed by atoms with Crippen LogP contribution in [0.15, 0.2) is 224 Å².